The van der Waals surface area contributed by atoms with Gasteiger partial charge in [0, 0.05) is 41.5 Å². The van der Waals surface area contributed by atoms with E-state index in [0.717, 1.165) is 24.0 Å². The number of carboxylic acid groups (broad SMARTS) is 1. The van der Waals surface area contributed by atoms with Crippen LogP contribution in [0.2, 0.25) is 10.0 Å². The summed E-state index contributed by atoms with van der Waals surface area (Å²) >= 11 is 12.8. The molecule has 2 aromatic carbocycles. The highest BCUT2D eigenvalue weighted by Gasteiger charge is 2.56. The summed E-state index contributed by atoms with van der Waals surface area (Å²) in [5.41, 5.74) is -0.308. The van der Waals surface area contributed by atoms with Crippen LogP contribution in [-0.2, 0) is 24.2 Å². The van der Waals surface area contributed by atoms with Gasteiger partial charge >= 0.3 is 5.97 Å². The third-order valence-electron chi connectivity index (χ3n) is 10.7. The van der Waals surface area contributed by atoms with E-state index >= 15 is 4.79 Å². The summed E-state index contributed by atoms with van der Waals surface area (Å²) in [5, 5.41) is 10.8. The number of amides is 2. The fourth-order valence-electron chi connectivity index (χ4n) is 7.22. The first kappa shape index (κ1) is 35.7. The van der Waals surface area contributed by atoms with Gasteiger partial charge in [-0.15, -0.1) is 0 Å². The number of sulfone groups is 1. The van der Waals surface area contributed by atoms with Crippen molar-refractivity contribution in [1.82, 2.24) is 9.80 Å². The number of nitrogens with zero attached hydrogens (tertiary/aromatic N) is 2. The first-order valence-electron chi connectivity index (χ1n) is 16.4. The Bertz CT molecular complexity index is 1630. The van der Waals surface area contributed by atoms with E-state index in [9.17, 15) is 23.1 Å². The highest BCUT2D eigenvalue weighted by molar-refractivity contribution is 7.92. The van der Waals surface area contributed by atoms with Crippen LogP contribution >= 0.6 is 23.2 Å². The summed E-state index contributed by atoms with van der Waals surface area (Å²) in [5.74, 6) is -1.78. The van der Waals surface area contributed by atoms with E-state index < -0.39 is 43.5 Å². The predicted octanol–water partition coefficient (Wildman–Crippen LogP) is 7.15. The molecule has 47 heavy (non-hydrogen) atoms. The number of carbonyl (C=O) groups is 3. The smallest absolute Gasteiger partial charge is 0.309 e. The standard InChI is InChI=1S/C36H46Cl2N2O6S/c1-34(2,3)47(45,46)22-29(23-9-10-23)40-31(24-11-13-26(37)14-12-24)28(25-7-6-8-27(38)19-25)20-36(5,32(40)42)21-30(41)39-17-15-35(4,16-18-39)33(43)44/h6-8,11-14,19,23,28-29,31H,9-10,15-18,20-22H2,1-5H3,(H,43,44)/t28-,29-,31-,36-/m1/s1. The molecule has 1 N–H and O–H groups in total. The first-order valence-corrected chi connectivity index (χ1v) is 18.8. The second-order valence-corrected chi connectivity index (χ2v) is 19.0. The number of rotatable bonds is 9. The Morgan fingerprint density at radius 3 is 2.13 bits per heavy atom. The molecule has 2 aliphatic heterocycles. The Hall–Kier alpha value is -2.62. The van der Waals surface area contributed by atoms with Gasteiger partial charge in [0.25, 0.3) is 0 Å². The number of hydrogen-bond donors (Lipinski definition) is 1. The van der Waals surface area contributed by atoms with Crippen molar-refractivity contribution in [3.8, 4) is 0 Å². The van der Waals surface area contributed by atoms with Crippen molar-refractivity contribution < 1.29 is 27.9 Å². The molecule has 3 fully saturated rings. The van der Waals surface area contributed by atoms with Crippen molar-refractivity contribution in [2.24, 2.45) is 16.7 Å². The normalized spacial score (nSPS) is 25.8. The largest absolute Gasteiger partial charge is 0.481 e. The number of likely N-dealkylation sites (tertiary alicyclic amines) is 2. The summed E-state index contributed by atoms with van der Waals surface area (Å²) in [7, 11) is -3.63. The lowest BCUT2D eigenvalue weighted by atomic mass is 9.66. The van der Waals surface area contributed by atoms with Crippen LogP contribution in [-0.4, -0.2) is 70.7 Å². The summed E-state index contributed by atoms with van der Waals surface area (Å²) in [6.45, 7) is 9.19. The van der Waals surface area contributed by atoms with Crippen LogP contribution in [0.3, 0.4) is 0 Å². The number of piperidine rings is 2. The molecule has 0 spiro atoms. The summed E-state index contributed by atoms with van der Waals surface area (Å²) in [4.78, 5) is 44.4. The Balaban J connectivity index is 1.60. The molecule has 2 saturated heterocycles. The molecule has 256 valence electrons. The van der Waals surface area contributed by atoms with Crippen LogP contribution in [0.15, 0.2) is 48.5 Å². The fourth-order valence-corrected chi connectivity index (χ4v) is 8.93. The zero-order valence-corrected chi connectivity index (χ0v) is 30.2. The fraction of sp³-hybridized carbons (Fsp3) is 0.583. The number of halogens is 2. The zero-order chi connectivity index (χ0) is 34.5. The Morgan fingerprint density at radius 1 is 0.979 bits per heavy atom. The average molecular weight is 706 g/mol. The van der Waals surface area contributed by atoms with Gasteiger partial charge in [-0.1, -0.05) is 54.4 Å². The van der Waals surface area contributed by atoms with Crippen LogP contribution in [0, 0.1) is 16.7 Å². The van der Waals surface area contributed by atoms with Gasteiger partial charge in [-0.2, -0.15) is 0 Å². The lowest BCUT2D eigenvalue weighted by Gasteiger charge is -2.52. The van der Waals surface area contributed by atoms with Gasteiger partial charge in [0.05, 0.1) is 27.4 Å². The third kappa shape index (κ3) is 7.37. The quantitative estimate of drug-likeness (QED) is 0.297. The van der Waals surface area contributed by atoms with Crippen molar-refractivity contribution in [3.05, 3.63) is 69.7 Å². The van der Waals surface area contributed by atoms with Crippen LogP contribution in [0.1, 0.15) is 96.2 Å². The van der Waals surface area contributed by atoms with Gasteiger partial charge in [0.1, 0.15) is 0 Å². The molecule has 0 radical (unpaired) electrons. The van der Waals surface area contributed by atoms with Gasteiger partial charge in [0.2, 0.25) is 11.8 Å². The van der Waals surface area contributed by atoms with E-state index in [1.165, 1.54) is 0 Å². The molecule has 3 aliphatic rings. The maximum absolute atomic E-state index is 15.1. The number of carbonyl (C=O) groups excluding carboxylic acids is 2. The van der Waals surface area contributed by atoms with Crippen molar-refractivity contribution in [3.63, 3.8) is 0 Å². The van der Waals surface area contributed by atoms with Gasteiger partial charge in [-0.3, -0.25) is 14.4 Å². The molecule has 0 bridgehead atoms. The van der Waals surface area contributed by atoms with Crippen LogP contribution in [0.25, 0.3) is 0 Å². The molecule has 2 aromatic rings. The van der Waals surface area contributed by atoms with Crippen LogP contribution in [0.5, 0.6) is 0 Å². The molecule has 8 nitrogen and oxygen atoms in total. The molecule has 0 unspecified atom stereocenters. The molecular formula is C36H46Cl2N2O6S. The van der Waals surface area contributed by atoms with E-state index in [1.54, 1.807) is 50.8 Å². The topological polar surface area (TPSA) is 112 Å². The van der Waals surface area contributed by atoms with E-state index in [1.807, 2.05) is 42.2 Å². The van der Waals surface area contributed by atoms with Crippen LogP contribution < -0.4 is 0 Å². The maximum Gasteiger partial charge on any atom is 0.309 e. The van der Waals surface area contributed by atoms with Crippen molar-refractivity contribution in [2.75, 3.05) is 18.8 Å². The second-order valence-electron chi connectivity index (χ2n) is 15.4. The van der Waals surface area contributed by atoms with Gasteiger partial charge in [-0.25, -0.2) is 8.42 Å². The molecular weight excluding hydrogens is 659 g/mol. The molecule has 2 heterocycles. The first-order chi connectivity index (χ1) is 21.8. The highest BCUT2D eigenvalue weighted by Crippen LogP contribution is 2.54. The molecule has 1 saturated carbocycles. The Morgan fingerprint density at radius 2 is 1.60 bits per heavy atom. The van der Waals surface area contributed by atoms with Crippen LogP contribution in [0.4, 0.5) is 0 Å². The lowest BCUT2D eigenvalue weighted by Crippen LogP contribution is -2.59. The summed E-state index contributed by atoms with van der Waals surface area (Å²) in [6.07, 6.45) is 2.57. The molecule has 11 heteroatoms. The van der Waals surface area contributed by atoms with Gasteiger partial charge in [0.15, 0.2) is 9.84 Å². The average Bonchev–Trinajstić information content (AvgIpc) is 3.83. The number of hydrogen-bond acceptors (Lipinski definition) is 5. The van der Waals surface area contributed by atoms with Crippen molar-refractivity contribution >= 4 is 50.8 Å². The Labute approximate surface area is 288 Å². The minimum absolute atomic E-state index is 0.0136. The second kappa shape index (κ2) is 13.0. The molecule has 1 aliphatic carbocycles. The Kier molecular flexibility index (Phi) is 9.88. The molecule has 0 aromatic heterocycles. The number of benzene rings is 2. The van der Waals surface area contributed by atoms with E-state index in [-0.39, 0.29) is 35.8 Å². The third-order valence-corrected chi connectivity index (χ3v) is 13.8. The van der Waals surface area contributed by atoms with Gasteiger partial charge < -0.3 is 14.9 Å². The maximum atomic E-state index is 15.1. The summed E-state index contributed by atoms with van der Waals surface area (Å²) < 4.78 is 26.6. The monoisotopic (exact) mass is 704 g/mol. The van der Waals surface area contributed by atoms with E-state index in [0.29, 0.717) is 42.4 Å². The van der Waals surface area contributed by atoms with Crippen molar-refractivity contribution in [2.45, 2.75) is 95.9 Å². The number of carboxylic acids is 1. The summed E-state index contributed by atoms with van der Waals surface area (Å²) in [6, 6.07) is 13.8. The highest BCUT2D eigenvalue weighted by atomic mass is 35.5. The van der Waals surface area contributed by atoms with Crippen molar-refractivity contribution in [1.29, 1.82) is 0 Å². The minimum atomic E-state index is -3.63. The predicted molar refractivity (Wildman–Crippen MR) is 184 cm³/mol. The van der Waals surface area contributed by atoms with E-state index in [4.69, 9.17) is 23.2 Å². The van der Waals surface area contributed by atoms with E-state index in [2.05, 4.69) is 0 Å². The molecule has 5 rings (SSSR count). The number of aliphatic carboxylic acids is 1. The minimum Gasteiger partial charge on any atom is -0.481 e. The lowest BCUT2D eigenvalue weighted by molar-refractivity contribution is -0.160. The SMILES string of the molecule is CC1(C(=O)O)CCN(C(=O)C[C@@]2(C)C[C@H](c3cccc(Cl)c3)[C@@H](c3ccc(Cl)cc3)N([C@H](CS(=O)(=O)C(C)(C)C)C3CC3)C2=O)CC1. The zero-order valence-electron chi connectivity index (χ0n) is 27.8. The molecule has 2 amide bonds. The van der Waals surface area contributed by atoms with Gasteiger partial charge in [-0.05, 0) is 101 Å². The molecule has 4 atom stereocenters.